The third kappa shape index (κ3) is 4.44. The van der Waals surface area contributed by atoms with E-state index in [2.05, 4.69) is 0 Å². The molecule has 1 saturated heterocycles. The van der Waals surface area contributed by atoms with Crippen LogP contribution in [0.1, 0.15) is 24.0 Å². The van der Waals surface area contributed by atoms with Crippen LogP contribution < -0.4 is 14.2 Å². The predicted molar refractivity (Wildman–Crippen MR) is 113 cm³/mol. The molecule has 3 rings (SSSR count). The molecule has 1 fully saturated rings. The first-order valence-electron chi connectivity index (χ1n) is 9.78. The summed E-state index contributed by atoms with van der Waals surface area (Å²) in [5, 5.41) is 0. The van der Waals surface area contributed by atoms with Gasteiger partial charge in [-0.25, -0.2) is 8.42 Å². The second-order valence-corrected chi connectivity index (χ2v) is 9.28. The molecular formula is C22H27NO6S. The SMILES string of the molecule is COc1ccc(S(=O)(=O)N2CCC(C(=O)Oc3c(C)cccc3C)CC2)cc1OC. The van der Waals surface area contributed by atoms with Crippen LogP contribution >= 0.6 is 0 Å². The van der Waals surface area contributed by atoms with Crippen molar-refractivity contribution >= 4 is 16.0 Å². The number of benzene rings is 2. The Hall–Kier alpha value is -2.58. The fraction of sp³-hybridized carbons (Fsp3) is 0.409. The molecule has 0 radical (unpaired) electrons. The summed E-state index contributed by atoms with van der Waals surface area (Å²) in [5.41, 5.74) is 1.80. The van der Waals surface area contributed by atoms with Gasteiger partial charge in [-0.05, 0) is 49.9 Å². The van der Waals surface area contributed by atoms with Crippen molar-refractivity contribution in [1.29, 1.82) is 0 Å². The first kappa shape index (κ1) is 22.1. The summed E-state index contributed by atoms with van der Waals surface area (Å²) in [7, 11) is -0.741. The number of sulfonamides is 1. The summed E-state index contributed by atoms with van der Waals surface area (Å²) >= 11 is 0. The standard InChI is InChI=1S/C22H27NO6S/c1-15-6-5-7-16(2)21(15)29-22(24)17-10-12-23(13-11-17)30(25,26)18-8-9-19(27-3)20(14-18)28-4/h5-9,14,17H,10-13H2,1-4H3. The molecule has 0 aromatic heterocycles. The average Bonchev–Trinajstić information content (AvgIpc) is 2.75. The number of carbonyl (C=O) groups excluding carboxylic acids is 1. The van der Waals surface area contributed by atoms with Gasteiger partial charge in [0.2, 0.25) is 10.0 Å². The number of para-hydroxylation sites is 1. The lowest BCUT2D eigenvalue weighted by molar-refractivity contribution is -0.140. The number of aryl methyl sites for hydroxylation is 2. The Morgan fingerprint density at radius 1 is 0.967 bits per heavy atom. The smallest absolute Gasteiger partial charge is 0.314 e. The minimum atomic E-state index is -3.70. The van der Waals surface area contributed by atoms with E-state index in [1.165, 1.54) is 30.7 Å². The molecule has 0 atom stereocenters. The topological polar surface area (TPSA) is 82.1 Å². The van der Waals surface area contributed by atoms with Crippen molar-refractivity contribution in [3.8, 4) is 17.2 Å². The highest BCUT2D eigenvalue weighted by Gasteiger charge is 2.33. The molecule has 0 N–H and O–H groups in total. The van der Waals surface area contributed by atoms with Crippen molar-refractivity contribution in [2.24, 2.45) is 5.92 Å². The van der Waals surface area contributed by atoms with Crippen LogP contribution in [-0.4, -0.2) is 46.0 Å². The van der Waals surface area contributed by atoms with Gasteiger partial charge in [-0.3, -0.25) is 4.79 Å². The fourth-order valence-electron chi connectivity index (χ4n) is 3.60. The summed E-state index contributed by atoms with van der Waals surface area (Å²) in [5.74, 6) is 0.759. The van der Waals surface area contributed by atoms with E-state index in [4.69, 9.17) is 14.2 Å². The van der Waals surface area contributed by atoms with Crippen molar-refractivity contribution in [3.63, 3.8) is 0 Å². The molecule has 162 valence electrons. The third-order valence-electron chi connectivity index (χ3n) is 5.39. The second kappa shape index (κ2) is 9.06. The number of ether oxygens (including phenoxy) is 3. The molecule has 7 nitrogen and oxygen atoms in total. The number of carbonyl (C=O) groups is 1. The van der Waals surface area contributed by atoms with Crippen LogP contribution in [0.5, 0.6) is 17.2 Å². The lowest BCUT2D eigenvalue weighted by Crippen LogP contribution is -2.41. The van der Waals surface area contributed by atoms with Crippen molar-refractivity contribution in [3.05, 3.63) is 47.5 Å². The highest BCUT2D eigenvalue weighted by Crippen LogP contribution is 2.32. The molecule has 0 saturated carbocycles. The van der Waals surface area contributed by atoms with Crippen LogP contribution in [0.25, 0.3) is 0 Å². The average molecular weight is 434 g/mol. The van der Waals surface area contributed by atoms with Gasteiger partial charge in [0.05, 0.1) is 25.0 Å². The second-order valence-electron chi connectivity index (χ2n) is 7.34. The molecule has 30 heavy (non-hydrogen) atoms. The zero-order valence-corrected chi connectivity index (χ0v) is 18.5. The van der Waals surface area contributed by atoms with Gasteiger partial charge in [0.1, 0.15) is 5.75 Å². The Morgan fingerprint density at radius 3 is 2.13 bits per heavy atom. The van der Waals surface area contributed by atoms with E-state index in [0.29, 0.717) is 30.1 Å². The first-order valence-corrected chi connectivity index (χ1v) is 11.2. The van der Waals surface area contributed by atoms with Crippen LogP contribution in [0.3, 0.4) is 0 Å². The fourth-order valence-corrected chi connectivity index (χ4v) is 5.09. The molecule has 2 aromatic carbocycles. The summed E-state index contributed by atoms with van der Waals surface area (Å²) in [6.07, 6.45) is 0.826. The Kier molecular flexibility index (Phi) is 6.67. The van der Waals surface area contributed by atoms with Gasteiger partial charge in [0.25, 0.3) is 0 Å². The molecule has 0 spiro atoms. The highest BCUT2D eigenvalue weighted by atomic mass is 32.2. The maximum atomic E-state index is 13.0. The number of nitrogens with zero attached hydrogens (tertiary/aromatic N) is 1. The van der Waals surface area contributed by atoms with Crippen molar-refractivity contribution in [2.75, 3.05) is 27.3 Å². The number of hydrogen-bond acceptors (Lipinski definition) is 6. The summed E-state index contributed by atoms with van der Waals surface area (Å²) in [4.78, 5) is 12.8. The van der Waals surface area contributed by atoms with E-state index in [-0.39, 0.29) is 29.9 Å². The molecule has 0 unspecified atom stereocenters. The number of hydrogen-bond donors (Lipinski definition) is 0. The molecule has 0 bridgehead atoms. The zero-order chi connectivity index (χ0) is 21.9. The Balaban J connectivity index is 1.68. The normalized spacial score (nSPS) is 15.6. The van der Waals surface area contributed by atoms with Gasteiger partial charge in [-0.15, -0.1) is 0 Å². The first-order chi connectivity index (χ1) is 14.3. The van der Waals surface area contributed by atoms with Gasteiger partial charge in [0, 0.05) is 19.2 Å². The zero-order valence-electron chi connectivity index (χ0n) is 17.7. The van der Waals surface area contributed by atoms with E-state index in [1.807, 2.05) is 32.0 Å². The molecule has 1 heterocycles. The quantitative estimate of drug-likeness (QED) is 0.513. The van der Waals surface area contributed by atoms with E-state index >= 15 is 0 Å². The van der Waals surface area contributed by atoms with Crippen LogP contribution in [0.2, 0.25) is 0 Å². The maximum absolute atomic E-state index is 13.0. The van der Waals surface area contributed by atoms with Crippen LogP contribution in [0, 0.1) is 19.8 Å². The molecule has 2 aromatic rings. The third-order valence-corrected chi connectivity index (χ3v) is 7.29. The lowest BCUT2D eigenvalue weighted by atomic mass is 9.98. The molecule has 8 heteroatoms. The van der Waals surface area contributed by atoms with Gasteiger partial charge < -0.3 is 14.2 Å². The molecule has 0 aliphatic carbocycles. The number of esters is 1. The van der Waals surface area contributed by atoms with E-state index in [9.17, 15) is 13.2 Å². The van der Waals surface area contributed by atoms with Crippen LogP contribution in [0.15, 0.2) is 41.3 Å². The van der Waals surface area contributed by atoms with Gasteiger partial charge >= 0.3 is 5.97 Å². The van der Waals surface area contributed by atoms with Crippen LogP contribution in [0.4, 0.5) is 0 Å². The van der Waals surface area contributed by atoms with Gasteiger partial charge in [-0.1, -0.05) is 18.2 Å². The van der Waals surface area contributed by atoms with Crippen LogP contribution in [-0.2, 0) is 14.8 Å². The minimum absolute atomic E-state index is 0.136. The van der Waals surface area contributed by atoms with E-state index in [1.54, 1.807) is 6.07 Å². The molecular weight excluding hydrogens is 406 g/mol. The summed E-state index contributed by atoms with van der Waals surface area (Å²) < 4.78 is 43.5. The summed E-state index contributed by atoms with van der Waals surface area (Å²) in [6.45, 7) is 4.30. The van der Waals surface area contributed by atoms with E-state index < -0.39 is 10.0 Å². The Labute approximate surface area is 177 Å². The highest BCUT2D eigenvalue weighted by molar-refractivity contribution is 7.89. The molecule has 1 aliphatic heterocycles. The largest absolute Gasteiger partial charge is 0.493 e. The van der Waals surface area contributed by atoms with Crippen molar-refractivity contribution in [2.45, 2.75) is 31.6 Å². The minimum Gasteiger partial charge on any atom is -0.493 e. The molecule has 0 amide bonds. The van der Waals surface area contributed by atoms with Crippen molar-refractivity contribution in [1.82, 2.24) is 4.31 Å². The van der Waals surface area contributed by atoms with Crippen molar-refractivity contribution < 1.29 is 27.4 Å². The number of piperidine rings is 1. The number of rotatable bonds is 6. The maximum Gasteiger partial charge on any atom is 0.314 e. The van der Waals surface area contributed by atoms with E-state index in [0.717, 1.165) is 11.1 Å². The Morgan fingerprint density at radius 2 is 1.57 bits per heavy atom. The van der Waals surface area contributed by atoms with Gasteiger partial charge in [-0.2, -0.15) is 4.31 Å². The Bertz CT molecular complexity index is 1010. The summed E-state index contributed by atoms with van der Waals surface area (Å²) in [6, 6.07) is 10.2. The molecule has 1 aliphatic rings. The number of methoxy groups -OCH3 is 2. The van der Waals surface area contributed by atoms with Gasteiger partial charge in [0.15, 0.2) is 11.5 Å². The monoisotopic (exact) mass is 433 g/mol. The predicted octanol–water partition coefficient (Wildman–Crippen LogP) is 3.33. The lowest BCUT2D eigenvalue weighted by Gasteiger charge is -2.30.